The van der Waals surface area contributed by atoms with Gasteiger partial charge in [0.2, 0.25) is 5.76 Å². The molecule has 3 N–H and O–H groups in total. The highest BCUT2D eigenvalue weighted by Gasteiger charge is 2.13. The Bertz CT molecular complexity index is 359. The number of carbonyl (C=O) groups is 1. The number of furan rings is 1. The highest BCUT2D eigenvalue weighted by Crippen LogP contribution is 2.14. The largest absolute Gasteiger partial charge is 0.475 e. The molecule has 1 atom stereocenters. The van der Waals surface area contributed by atoms with E-state index in [9.17, 15) is 4.79 Å². The molecule has 1 unspecified atom stereocenters. The SMILES string of the molecule is Cc1cc(CNCC(C)CO)oc1C(=O)O. The second-order valence-electron chi connectivity index (χ2n) is 3.95. The highest BCUT2D eigenvalue weighted by molar-refractivity contribution is 5.86. The summed E-state index contributed by atoms with van der Waals surface area (Å²) in [6, 6.07) is 1.71. The minimum absolute atomic E-state index is 0.00740. The summed E-state index contributed by atoms with van der Waals surface area (Å²) in [7, 11) is 0. The fourth-order valence-electron chi connectivity index (χ4n) is 1.35. The van der Waals surface area contributed by atoms with Crippen LogP contribution in [0, 0.1) is 12.8 Å². The minimum Gasteiger partial charge on any atom is -0.475 e. The fraction of sp³-hybridized carbons (Fsp3) is 0.545. The summed E-state index contributed by atoms with van der Waals surface area (Å²) in [5.41, 5.74) is 0.625. The molecule has 0 radical (unpaired) electrons. The van der Waals surface area contributed by atoms with E-state index in [0.717, 1.165) is 0 Å². The predicted octanol–water partition coefficient (Wildman–Crippen LogP) is 1.00. The van der Waals surface area contributed by atoms with E-state index in [1.165, 1.54) is 0 Å². The molecule has 5 nitrogen and oxygen atoms in total. The van der Waals surface area contributed by atoms with Crippen molar-refractivity contribution in [3.8, 4) is 0 Å². The quantitative estimate of drug-likeness (QED) is 0.675. The van der Waals surface area contributed by atoms with Crippen LogP contribution in [0.25, 0.3) is 0 Å². The van der Waals surface area contributed by atoms with Gasteiger partial charge in [-0.15, -0.1) is 0 Å². The maximum Gasteiger partial charge on any atom is 0.372 e. The summed E-state index contributed by atoms with van der Waals surface area (Å²) in [4.78, 5) is 10.7. The van der Waals surface area contributed by atoms with Crippen molar-refractivity contribution in [2.75, 3.05) is 13.2 Å². The van der Waals surface area contributed by atoms with E-state index in [2.05, 4.69) is 5.32 Å². The molecule has 0 bridgehead atoms. The van der Waals surface area contributed by atoms with Gasteiger partial charge in [-0.05, 0) is 18.9 Å². The second kappa shape index (κ2) is 5.67. The molecule has 90 valence electrons. The Morgan fingerprint density at radius 2 is 2.31 bits per heavy atom. The molecule has 1 heterocycles. The van der Waals surface area contributed by atoms with Crippen molar-refractivity contribution in [1.29, 1.82) is 0 Å². The lowest BCUT2D eigenvalue weighted by Crippen LogP contribution is -2.22. The molecule has 0 aliphatic carbocycles. The van der Waals surface area contributed by atoms with Gasteiger partial charge in [0, 0.05) is 18.7 Å². The van der Waals surface area contributed by atoms with Crippen LogP contribution in [0.4, 0.5) is 0 Å². The Labute approximate surface area is 94.1 Å². The first-order valence-corrected chi connectivity index (χ1v) is 5.18. The molecular formula is C11H17NO4. The van der Waals surface area contributed by atoms with Crippen LogP contribution in [0.5, 0.6) is 0 Å². The molecule has 0 aliphatic heterocycles. The van der Waals surface area contributed by atoms with E-state index in [1.807, 2.05) is 6.92 Å². The number of aromatic carboxylic acids is 1. The zero-order chi connectivity index (χ0) is 12.1. The minimum atomic E-state index is -1.05. The number of aliphatic hydroxyl groups excluding tert-OH is 1. The number of nitrogens with one attached hydrogen (secondary N) is 1. The van der Waals surface area contributed by atoms with Crippen LogP contribution in [0.1, 0.15) is 28.8 Å². The van der Waals surface area contributed by atoms with Crippen LogP contribution in [-0.2, 0) is 6.54 Å². The van der Waals surface area contributed by atoms with E-state index in [0.29, 0.717) is 24.4 Å². The van der Waals surface area contributed by atoms with Crippen LogP contribution in [0.15, 0.2) is 10.5 Å². The van der Waals surface area contributed by atoms with Crippen molar-refractivity contribution in [1.82, 2.24) is 5.32 Å². The van der Waals surface area contributed by atoms with Crippen molar-refractivity contribution in [2.24, 2.45) is 5.92 Å². The summed E-state index contributed by atoms with van der Waals surface area (Å²) in [6.07, 6.45) is 0. The summed E-state index contributed by atoms with van der Waals surface area (Å²) >= 11 is 0. The first-order valence-electron chi connectivity index (χ1n) is 5.18. The molecule has 0 aliphatic rings. The predicted molar refractivity (Wildman–Crippen MR) is 58.4 cm³/mol. The summed E-state index contributed by atoms with van der Waals surface area (Å²) < 4.78 is 5.17. The number of aryl methyl sites for hydroxylation is 1. The maximum absolute atomic E-state index is 10.7. The van der Waals surface area contributed by atoms with E-state index in [1.54, 1.807) is 13.0 Å². The van der Waals surface area contributed by atoms with Gasteiger partial charge in [-0.2, -0.15) is 0 Å². The fourth-order valence-corrected chi connectivity index (χ4v) is 1.35. The van der Waals surface area contributed by atoms with Gasteiger partial charge < -0.3 is 19.9 Å². The standard InChI is InChI=1S/C11H17NO4/c1-7(6-13)4-12-5-9-3-8(2)10(16-9)11(14)15/h3,7,12-13H,4-6H2,1-2H3,(H,14,15). The Balaban J connectivity index is 2.49. The summed E-state index contributed by atoms with van der Waals surface area (Å²) in [5, 5.41) is 20.7. The van der Waals surface area contributed by atoms with Crippen LogP contribution < -0.4 is 5.32 Å². The number of hydrogen-bond donors (Lipinski definition) is 3. The molecule has 0 spiro atoms. The van der Waals surface area contributed by atoms with Crippen molar-refractivity contribution in [3.63, 3.8) is 0 Å². The van der Waals surface area contributed by atoms with Gasteiger partial charge in [0.05, 0.1) is 6.54 Å². The van der Waals surface area contributed by atoms with Gasteiger partial charge in [0.15, 0.2) is 0 Å². The van der Waals surface area contributed by atoms with Gasteiger partial charge in [0.25, 0.3) is 0 Å². The Morgan fingerprint density at radius 3 is 2.81 bits per heavy atom. The number of aliphatic hydroxyl groups is 1. The van der Waals surface area contributed by atoms with Crippen molar-refractivity contribution < 1.29 is 19.4 Å². The lowest BCUT2D eigenvalue weighted by atomic mass is 10.2. The molecule has 0 saturated heterocycles. The molecular weight excluding hydrogens is 210 g/mol. The van der Waals surface area contributed by atoms with Crippen LogP contribution in [0.2, 0.25) is 0 Å². The molecule has 1 aromatic heterocycles. The molecule has 0 saturated carbocycles. The zero-order valence-electron chi connectivity index (χ0n) is 9.49. The van der Waals surface area contributed by atoms with E-state index in [-0.39, 0.29) is 18.3 Å². The molecule has 0 amide bonds. The lowest BCUT2D eigenvalue weighted by molar-refractivity contribution is 0.0659. The third kappa shape index (κ3) is 3.36. The third-order valence-corrected chi connectivity index (χ3v) is 2.27. The van der Waals surface area contributed by atoms with Crippen LogP contribution >= 0.6 is 0 Å². The lowest BCUT2D eigenvalue weighted by Gasteiger charge is -2.07. The molecule has 16 heavy (non-hydrogen) atoms. The first kappa shape index (κ1) is 12.7. The maximum atomic E-state index is 10.7. The topological polar surface area (TPSA) is 82.7 Å². The van der Waals surface area contributed by atoms with Crippen LogP contribution in [0.3, 0.4) is 0 Å². The van der Waals surface area contributed by atoms with Crippen molar-refractivity contribution >= 4 is 5.97 Å². The molecule has 0 fully saturated rings. The van der Waals surface area contributed by atoms with Gasteiger partial charge in [0.1, 0.15) is 5.76 Å². The number of carboxylic acids is 1. The number of rotatable bonds is 6. The van der Waals surface area contributed by atoms with E-state index >= 15 is 0 Å². The summed E-state index contributed by atoms with van der Waals surface area (Å²) in [6.45, 7) is 4.89. The van der Waals surface area contributed by atoms with E-state index < -0.39 is 5.97 Å². The average Bonchev–Trinajstić information content (AvgIpc) is 2.59. The van der Waals surface area contributed by atoms with E-state index in [4.69, 9.17) is 14.6 Å². The smallest absolute Gasteiger partial charge is 0.372 e. The van der Waals surface area contributed by atoms with Crippen LogP contribution in [-0.4, -0.2) is 29.3 Å². The third-order valence-electron chi connectivity index (χ3n) is 2.27. The van der Waals surface area contributed by atoms with Crippen molar-refractivity contribution in [2.45, 2.75) is 20.4 Å². The monoisotopic (exact) mass is 227 g/mol. The Hall–Kier alpha value is -1.33. The van der Waals surface area contributed by atoms with Gasteiger partial charge in [-0.25, -0.2) is 4.79 Å². The summed E-state index contributed by atoms with van der Waals surface area (Å²) in [5.74, 6) is -0.283. The Kier molecular flexibility index (Phi) is 4.52. The van der Waals surface area contributed by atoms with Gasteiger partial charge in [-0.3, -0.25) is 0 Å². The number of hydrogen-bond acceptors (Lipinski definition) is 4. The molecule has 0 aromatic carbocycles. The highest BCUT2D eigenvalue weighted by atomic mass is 16.4. The average molecular weight is 227 g/mol. The zero-order valence-corrected chi connectivity index (χ0v) is 9.49. The second-order valence-corrected chi connectivity index (χ2v) is 3.95. The molecule has 5 heteroatoms. The molecule has 1 aromatic rings. The molecule has 1 rings (SSSR count). The Morgan fingerprint density at radius 1 is 1.62 bits per heavy atom. The number of carboxylic acid groups (broad SMARTS) is 1. The normalized spacial score (nSPS) is 12.7. The van der Waals surface area contributed by atoms with Gasteiger partial charge in [-0.1, -0.05) is 6.92 Å². The van der Waals surface area contributed by atoms with Gasteiger partial charge >= 0.3 is 5.97 Å². The van der Waals surface area contributed by atoms with Crippen molar-refractivity contribution in [3.05, 3.63) is 23.2 Å². The first-order chi connectivity index (χ1) is 7.54.